The SMILES string of the molecule is CN(Cc1ccccc1P(Cl)Cl)c1ccccc1. The Balaban J connectivity index is 2.19. The fourth-order valence-corrected chi connectivity index (χ4v) is 3.39. The molecule has 0 saturated heterocycles. The molecule has 0 fully saturated rings. The third kappa shape index (κ3) is 3.38. The van der Waals surface area contributed by atoms with Gasteiger partial charge >= 0.3 is 0 Å². The van der Waals surface area contributed by atoms with Gasteiger partial charge in [-0.05, 0) is 17.7 Å². The van der Waals surface area contributed by atoms with E-state index in [1.807, 2.05) is 36.4 Å². The van der Waals surface area contributed by atoms with Crippen LogP contribution in [0.15, 0.2) is 54.6 Å². The molecule has 2 aromatic carbocycles. The van der Waals surface area contributed by atoms with Crippen molar-refractivity contribution in [3.63, 3.8) is 0 Å². The maximum absolute atomic E-state index is 6.05. The largest absolute Gasteiger partial charge is 0.370 e. The van der Waals surface area contributed by atoms with Crippen LogP contribution in [-0.2, 0) is 6.54 Å². The standard InChI is InChI=1S/C14H14Cl2NP/c1-17(13-8-3-2-4-9-13)11-12-7-5-6-10-14(12)18(15)16/h2-10H,11H2,1H3. The summed E-state index contributed by atoms with van der Waals surface area (Å²) in [5.74, 6) is 0. The minimum Gasteiger partial charge on any atom is -0.370 e. The molecule has 2 aromatic rings. The van der Waals surface area contributed by atoms with Gasteiger partial charge in [0.05, 0.1) is 0 Å². The van der Waals surface area contributed by atoms with Gasteiger partial charge in [0, 0.05) is 24.6 Å². The monoisotopic (exact) mass is 297 g/mol. The van der Waals surface area contributed by atoms with E-state index in [0.29, 0.717) is 0 Å². The van der Waals surface area contributed by atoms with Crippen molar-refractivity contribution >= 4 is 40.1 Å². The molecule has 0 radical (unpaired) electrons. The highest BCUT2D eigenvalue weighted by Gasteiger charge is 2.11. The maximum atomic E-state index is 6.05. The van der Waals surface area contributed by atoms with Crippen LogP contribution in [0, 0.1) is 0 Å². The third-order valence-electron chi connectivity index (χ3n) is 2.78. The normalized spacial score (nSPS) is 10.7. The van der Waals surface area contributed by atoms with Crippen LogP contribution in [0.2, 0.25) is 0 Å². The molecule has 18 heavy (non-hydrogen) atoms. The van der Waals surface area contributed by atoms with Gasteiger partial charge in [-0.15, -0.1) is 0 Å². The van der Waals surface area contributed by atoms with E-state index in [0.717, 1.165) is 11.8 Å². The molecule has 0 N–H and O–H groups in total. The minimum atomic E-state index is -1.10. The van der Waals surface area contributed by atoms with Gasteiger partial charge in [-0.1, -0.05) is 64.9 Å². The summed E-state index contributed by atoms with van der Waals surface area (Å²) in [6.07, 6.45) is 0. The Kier molecular flexibility index (Phi) is 4.88. The van der Waals surface area contributed by atoms with Crippen LogP contribution in [0.1, 0.15) is 5.56 Å². The first-order chi connectivity index (χ1) is 8.68. The zero-order valence-corrected chi connectivity index (χ0v) is 12.5. The first-order valence-corrected chi connectivity index (χ1v) is 8.79. The lowest BCUT2D eigenvalue weighted by atomic mass is 10.2. The van der Waals surface area contributed by atoms with Crippen LogP contribution in [0.3, 0.4) is 0 Å². The molecule has 0 aliphatic heterocycles. The lowest BCUT2D eigenvalue weighted by Gasteiger charge is -2.21. The lowest BCUT2D eigenvalue weighted by molar-refractivity contribution is 0.929. The minimum absolute atomic E-state index is 0.804. The van der Waals surface area contributed by atoms with Crippen molar-refractivity contribution in [3.8, 4) is 0 Å². The van der Waals surface area contributed by atoms with Crippen LogP contribution >= 0.6 is 29.1 Å². The second-order valence-electron chi connectivity index (χ2n) is 4.05. The number of para-hydroxylation sites is 1. The molecular formula is C14H14Cl2NP. The van der Waals surface area contributed by atoms with Crippen molar-refractivity contribution in [2.45, 2.75) is 6.54 Å². The Morgan fingerprint density at radius 2 is 1.56 bits per heavy atom. The fourth-order valence-electron chi connectivity index (χ4n) is 1.84. The van der Waals surface area contributed by atoms with E-state index in [2.05, 4.69) is 30.1 Å². The number of halogens is 2. The second-order valence-corrected chi connectivity index (χ2v) is 7.55. The molecule has 2 rings (SSSR count). The lowest BCUT2D eigenvalue weighted by Crippen LogP contribution is -2.20. The number of rotatable bonds is 4. The van der Waals surface area contributed by atoms with Gasteiger partial charge in [-0.25, -0.2) is 0 Å². The van der Waals surface area contributed by atoms with Crippen molar-refractivity contribution in [1.29, 1.82) is 0 Å². The van der Waals surface area contributed by atoms with Gasteiger partial charge in [0.25, 0.3) is 0 Å². The van der Waals surface area contributed by atoms with Crippen LogP contribution in [-0.4, -0.2) is 7.05 Å². The second kappa shape index (κ2) is 6.43. The van der Waals surface area contributed by atoms with Crippen molar-refractivity contribution in [2.24, 2.45) is 0 Å². The van der Waals surface area contributed by atoms with Crippen LogP contribution in [0.5, 0.6) is 0 Å². The third-order valence-corrected chi connectivity index (χ3v) is 4.67. The van der Waals surface area contributed by atoms with E-state index >= 15 is 0 Å². The predicted octanol–water partition coefficient (Wildman–Crippen LogP) is 4.74. The van der Waals surface area contributed by atoms with Crippen LogP contribution in [0.4, 0.5) is 5.69 Å². The van der Waals surface area contributed by atoms with E-state index in [1.54, 1.807) is 0 Å². The van der Waals surface area contributed by atoms with Crippen molar-refractivity contribution < 1.29 is 0 Å². The molecule has 0 bridgehead atoms. The van der Waals surface area contributed by atoms with E-state index in [4.69, 9.17) is 22.5 Å². The molecule has 4 heteroatoms. The Hall–Kier alpha value is -0.750. The average Bonchev–Trinajstić information content (AvgIpc) is 2.40. The first kappa shape index (κ1) is 13.7. The highest BCUT2D eigenvalue weighted by Crippen LogP contribution is 2.46. The summed E-state index contributed by atoms with van der Waals surface area (Å²) in [5, 5.41) is 1.04. The number of anilines is 1. The number of nitrogens with zero attached hydrogens (tertiary/aromatic N) is 1. The summed E-state index contributed by atoms with van der Waals surface area (Å²) in [6.45, 7) is -0.294. The zero-order chi connectivity index (χ0) is 13.0. The number of benzene rings is 2. The molecular weight excluding hydrogens is 284 g/mol. The first-order valence-electron chi connectivity index (χ1n) is 5.64. The van der Waals surface area contributed by atoms with Gasteiger partial charge in [-0.2, -0.15) is 0 Å². The highest BCUT2D eigenvalue weighted by atomic mass is 35.9. The summed E-state index contributed by atoms with van der Waals surface area (Å²) in [6, 6.07) is 18.3. The quantitative estimate of drug-likeness (QED) is 0.737. The topological polar surface area (TPSA) is 3.24 Å². The van der Waals surface area contributed by atoms with Gasteiger partial charge < -0.3 is 4.90 Å². The predicted molar refractivity (Wildman–Crippen MR) is 83.3 cm³/mol. The molecule has 0 heterocycles. The smallest absolute Gasteiger partial charge is 0.117 e. The van der Waals surface area contributed by atoms with E-state index in [9.17, 15) is 0 Å². The summed E-state index contributed by atoms with van der Waals surface area (Å²) < 4.78 is 0. The van der Waals surface area contributed by atoms with Crippen molar-refractivity contribution in [2.75, 3.05) is 11.9 Å². The maximum Gasteiger partial charge on any atom is 0.117 e. The van der Waals surface area contributed by atoms with Crippen molar-refractivity contribution in [3.05, 3.63) is 60.2 Å². The van der Waals surface area contributed by atoms with Gasteiger partial charge in [0.15, 0.2) is 0 Å². The van der Waals surface area contributed by atoms with E-state index in [-0.39, 0.29) is 0 Å². The molecule has 0 aliphatic rings. The Morgan fingerprint density at radius 3 is 2.22 bits per heavy atom. The summed E-state index contributed by atoms with van der Waals surface area (Å²) >= 11 is 12.1. The average molecular weight is 298 g/mol. The van der Waals surface area contributed by atoms with Crippen LogP contribution in [0.25, 0.3) is 0 Å². The molecule has 94 valence electrons. The molecule has 0 aliphatic carbocycles. The summed E-state index contributed by atoms with van der Waals surface area (Å²) in [7, 11) is 2.07. The molecule has 0 saturated carbocycles. The van der Waals surface area contributed by atoms with Gasteiger partial charge in [-0.3, -0.25) is 0 Å². The number of hydrogen-bond donors (Lipinski definition) is 0. The van der Waals surface area contributed by atoms with E-state index in [1.165, 1.54) is 11.3 Å². The Bertz CT molecular complexity index is 502. The van der Waals surface area contributed by atoms with Crippen LogP contribution < -0.4 is 10.2 Å². The van der Waals surface area contributed by atoms with Crippen molar-refractivity contribution in [1.82, 2.24) is 0 Å². The Labute approximate surface area is 119 Å². The fraction of sp³-hybridized carbons (Fsp3) is 0.143. The van der Waals surface area contributed by atoms with E-state index < -0.39 is 6.63 Å². The molecule has 0 aromatic heterocycles. The summed E-state index contributed by atoms with van der Waals surface area (Å²) in [5.41, 5.74) is 2.36. The highest BCUT2D eigenvalue weighted by molar-refractivity contribution is 8.08. The Morgan fingerprint density at radius 1 is 0.944 bits per heavy atom. The molecule has 0 unspecified atom stereocenters. The van der Waals surface area contributed by atoms with Gasteiger partial charge in [0.1, 0.15) is 6.63 Å². The molecule has 0 spiro atoms. The summed E-state index contributed by atoms with van der Waals surface area (Å²) in [4.78, 5) is 2.19. The van der Waals surface area contributed by atoms with Gasteiger partial charge in [0.2, 0.25) is 0 Å². The molecule has 0 amide bonds. The zero-order valence-electron chi connectivity index (χ0n) is 10.1. The number of hydrogen-bond acceptors (Lipinski definition) is 1. The molecule has 0 atom stereocenters. The molecule has 1 nitrogen and oxygen atoms in total.